The molecule has 0 spiro atoms. The Morgan fingerprint density at radius 3 is 2.70 bits per heavy atom. The monoisotopic (exact) mass is 282 g/mol. The third-order valence-electron chi connectivity index (χ3n) is 4.03. The third kappa shape index (κ3) is 4.45. The molecule has 0 aromatic rings. The lowest BCUT2D eigenvalue weighted by Gasteiger charge is -2.26. The minimum atomic E-state index is -0.0449. The number of hydrogen-bond acceptors (Lipinski definition) is 4. The molecule has 2 amide bonds. The van der Waals surface area contributed by atoms with Gasteiger partial charge < -0.3 is 15.5 Å². The summed E-state index contributed by atoms with van der Waals surface area (Å²) in [6.45, 7) is 2.47. The van der Waals surface area contributed by atoms with Crippen LogP contribution in [0.3, 0.4) is 0 Å². The zero-order valence-electron chi connectivity index (χ0n) is 12.5. The van der Waals surface area contributed by atoms with Crippen molar-refractivity contribution in [1.82, 2.24) is 20.4 Å². The van der Waals surface area contributed by atoms with Gasteiger partial charge in [-0.3, -0.25) is 14.5 Å². The minimum Gasteiger partial charge on any atom is -0.352 e. The summed E-state index contributed by atoms with van der Waals surface area (Å²) < 4.78 is 0. The molecule has 20 heavy (non-hydrogen) atoms. The maximum Gasteiger partial charge on any atom is 0.239 e. The Bertz CT molecular complexity index is 357. The van der Waals surface area contributed by atoms with E-state index in [2.05, 4.69) is 15.5 Å². The van der Waals surface area contributed by atoms with E-state index < -0.39 is 0 Å². The van der Waals surface area contributed by atoms with E-state index in [9.17, 15) is 9.59 Å². The normalized spacial score (nSPS) is 22.8. The molecule has 1 saturated carbocycles. The molecule has 0 aromatic carbocycles. The molecule has 2 aliphatic rings. The fraction of sp³-hybridized carbons (Fsp3) is 0.857. The predicted octanol–water partition coefficient (Wildman–Crippen LogP) is -0.593. The van der Waals surface area contributed by atoms with E-state index in [-0.39, 0.29) is 18.4 Å². The molecule has 0 radical (unpaired) electrons. The Labute approximate surface area is 120 Å². The van der Waals surface area contributed by atoms with Crippen LogP contribution in [0, 0.1) is 0 Å². The molecule has 6 heteroatoms. The van der Waals surface area contributed by atoms with E-state index >= 15 is 0 Å². The molecule has 1 heterocycles. The molecular formula is C14H26N4O2. The highest BCUT2D eigenvalue weighted by Crippen LogP contribution is 2.18. The number of rotatable bonds is 7. The fourth-order valence-electron chi connectivity index (χ4n) is 2.67. The van der Waals surface area contributed by atoms with E-state index in [0.29, 0.717) is 18.6 Å². The summed E-state index contributed by atoms with van der Waals surface area (Å²) in [5.41, 5.74) is 0. The summed E-state index contributed by atoms with van der Waals surface area (Å²) >= 11 is 0. The molecule has 114 valence electrons. The molecule has 0 bridgehead atoms. The van der Waals surface area contributed by atoms with Crippen LogP contribution in [0.5, 0.6) is 0 Å². The smallest absolute Gasteiger partial charge is 0.239 e. The summed E-state index contributed by atoms with van der Waals surface area (Å²) in [7, 11) is 3.64. The van der Waals surface area contributed by atoms with Crippen molar-refractivity contribution in [2.75, 3.05) is 40.3 Å². The largest absolute Gasteiger partial charge is 0.352 e. The van der Waals surface area contributed by atoms with E-state index in [1.54, 1.807) is 7.05 Å². The van der Waals surface area contributed by atoms with Gasteiger partial charge in [0, 0.05) is 25.7 Å². The van der Waals surface area contributed by atoms with Crippen LogP contribution in [0.2, 0.25) is 0 Å². The lowest BCUT2D eigenvalue weighted by Crippen LogP contribution is -2.46. The number of carbonyl (C=O) groups is 2. The van der Waals surface area contributed by atoms with Crippen molar-refractivity contribution < 1.29 is 9.59 Å². The lowest BCUT2D eigenvalue weighted by molar-refractivity contribution is -0.135. The van der Waals surface area contributed by atoms with Gasteiger partial charge in [0.1, 0.15) is 0 Å². The standard InChI is InChI=1S/C14H26N4O2/c1-15-8-12-4-3-7-18(12)10-14(20)17(2)9-13(19)16-11-5-6-11/h11-12,15H,3-10H2,1-2H3,(H,16,19). The van der Waals surface area contributed by atoms with Gasteiger partial charge in [-0.25, -0.2) is 0 Å². The maximum atomic E-state index is 12.2. The molecule has 1 unspecified atom stereocenters. The van der Waals surface area contributed by atoms with E-state index in [1.807, 2.05) is 7.05 Å². The number of amides is 2. The lowest BCUT2D eigenvalue weighted by atomic mass is 10.2. The van der Waals surface area contributed by atoms with E-state index in [4.69, 9.17) is 0 Å². The van der Waals surface area contributed by atoms with Crippen molar-refractivity contribution >= 4 is 11.8 Å². The van der Waals surface area contributed by atoms with Crippen LogP contribution in [-0.4, -0.2) is 74.0 Å². The summed E-state index contributed by atoms with van der Waals surface area (Å²) in [4.78, 5) is 27.6. The average molecular weight is 282 g/mol. The summed E-state index contributed by atoms with van der Waals surface area (Å²) in [5, 5.41) is 6.08. The highest BCUT2D eigenvalue weighted by molar-refractivity contribution is 5.85. The molecule has 1 aliphatic carbocycles. The van der Waals surface area contributed by atoms with Crippen LogP contribution in [0.25, 0.3) is 0 Å². The van der Waals surface area contributed by atoms with Crippen molar-refractivity contribution in [2.24, 2.45) is 0 Å². The van der Waals surface area contributed by atoms with E-state index in [0.717, 1.165) is 38.8 Å². The van der Waals surface area contributed by atoms with Crippen molar-refractivity contribution in [3.8, 4) is 0 Å². The fourth-order valence-corrected chi connectivity index (χ4v) is 2.67. The van der Waals surface area contributed by atoms with Crippen molar-refractivity contribution in [2.45, 2.75) is 37.8 Å². The summed E-state index contributed by atoms with van der Waals surface area (Å²) in [5.74, 6) is -0.0181. The van der Waals surface area contributed by atoms with Gasteiger partial charge in [0.2, 0.25) is 11.8 Å². The number of nitrogens with zero attached hydrogens (tertiary/aromatic N) is 2. The van der Waals surface area contributed by atoms with Crippen LogP contribution in [0.1, 0.15) is 25.7 Å². The molecule has 6 nitrogen and oxygen atoms in total. The highest BCUT2D eigenvalue weighted by Gasteiger charge is 2.28. The van der Waals surface area contributed by atoms with Crippen LogP contribution in [0.4, 0.5) is 0 Å². The number of nitrogens with one attached hydrogen (secondary N) is 2. The van der Waals surface area contributed by atoms with Crippen molar-refractivity contribution in [3.63, 3.8) is 0 Å². The Morgan fingerprint density at radius 2 is 2.05 bits per heavy atom. The topological polar surface area (TPSA) is 64.7 Å². The minimum absolute atomic E-state index is 0.0268. The molecule has 1 atom stereocenters. The third-order valence-corrected chi connectivity index (χ3v) is 4.03. The number of carbonyl (C=O) groups excluding carboxylic acids is 2. The summed E-state index contributed by atoms with van der Waals surface area (Å²) in [6.07, 6.45) is 4.43. The zero-order chi connectivity index (χ0) is 14.5. The predicted molar refractivity (Wildman–Crippen MR) is 77.3 cm³/mol. The SMILES string of the molecule is CNCC1CCCN1CC(=O)N(C)CC(=O)NC1CC1. The molecule has 0 aromatic heterocycles. The number of hydrogen-bond donors (Lipinski definition) is 2. The Morgan fingerprint density at radius 1 is 1.30 bits per heavy atom. The number of likely N-dealkylation sites (N-methyl/N-ethyl adjacent to an activating group) is 2. The molecular weight excluding hydrogens is 256 g/mol. The average Bonchev–Trinajstić information content (AvgIpc) is 3.10. The van der Waals surface area contributed by atoms with Gasteiger partial charge in [0.05, 0.1) is 13.1 Å². The maximum absolute atomic E-state index is 12.2. The number of likely N-dealkylation sites (tertiary alicyclic amines) is 1. The molecule has 1 aliphatic heterocycles. The molecule has 2 rings (SSSR count). The van der Waals surface area contributed by atoms with Gasteiger partial charge >= 0.3 is 0 Å². The van der Waals surface area contributed by atoms with Crippen LogP contribution < -0.4 is 10.6 Å². The Kier molecular flexibility index (Phi) is 5.37. The van der Waals surface area contributed by atoms with Gasteiger partial charge in [-0.1, -0.05) is 0 Å². The van der Waals surface area contributed by atoms with Crippen LogP contribution in [0.15, 0.2) is 0 Å². The van der Waals surface area contributed by atoms with E-state index in [1.165, 1.54) is 4.90 Å². The molecule has 2 N–H and O–H groups in total. The van der Waals surface area contributed by atoms with Gasteiger partial charge in [0.15, 0.2) is 0 Å². The first-order valence-electron chi connectivity index (χ1n) is 7.52. The van der Waals surface area contributed by atoms with Gasteiger partial charge in [0.25, 0.3) is 0 Å². The van der Waals surface area contributed by atoms with Crippen LogP contribution in [-0.2, 0) is 9.59 Å². The van der Waals surface area contributed by atoms with Gasteiger partial charge in [-0.2, -0.15) is 0 Å². The second-order valence-electron chi connectivity index (χ2n) is 5.92. The quantitative estimate of drug-likeness (QED) is 0.655. The zero-order valence-corrected chi connectivity index (χ0v) is 12.5. The second-order valence-corrected chi connectivity index (χ2v) is 5.92. The Hall–Kier alpha value is -1.14. The first-order chi connectivity index (χ1) is 9.60. The molecule has 2 fully saturated rings. The van der Waals surface area contributed by atoms with Gasteiger partial charge in [-0.05, 0) is 39.3 Å². The first-order valence-corrected chi connectivity index (χ1v) is 7.52. The van der Waals surface area contributed by atoms with Gasteiger partial charge in [-0.15, -0.1) is 0 Å². The molecule has 1 saturated heterocycles. The van der Waals surface area contributed by atoms with Crippen molar-refractivity contribution in [3.05, 3.63) is 0 Å². The van der Waals surface area contributed by atoms with Crippen LogP contribution >= 0.6 is 0 Å². The summed E-state index contributed by atoms with van der Waals surface area (Å²) in [6, 6.07) is 0.794. The highest BCUT2D eigenvalue weighted by atomic mass is 16.2. The first kappa shape index (κ1) is 15.3. The van der Waals surface area contributed by atoms with Crippen molar-refractivity contribution in [1.29, 1.82) is 0 Å². The Balaban J connectivity index is 1.73. The second kappa shape index (κ2) is 7.04.